The maximum absolute atomic E-state index is 13.5. The molecular weight excluding hydrogens is 518 g/mol. The van der Waals surface area contributed by atoms with E-state index < -0.39 is 29.4 Å². The third-order valence-electron chi connectivity index (χ3n) is 7.06. The Morgan fingerprint density at radius 2 is 1.69 bits per heavy atom. The number of hydrogen-bond donors (Lipinski definition) is 0. The molecule has 1 fully saturated rings. The number of carbonyl (C=O) groups excluding carboxylic acids is 3. The number of nitrogens with zero attached hydrogens (tertiary/aromatic N) is 3. The number of piperazine rings is 1. The molecule has 2 aliphatic heterocycles. The molecule has 11 heteroatoms. The summed E-state index contributed by atoms with van der Waals surface area (Å²) < 4.78 is 58.0. The van der Waals surface area contributed by atoms with Gasteiger partial charge in [-0.3, -0.25) is 9.59 Å². The number of allylic oxidation sites excluding steroid dienone is 1. The number of alkyl halides is 3. The number of anilines is 1. The summed E-state index contributed by atoms with van der Waals surface area (Å²) in [7, 11) is 0. The lowest BCUT2D eigenvalue weighted by Crippen LogP contribution is -2.52. The number of rotatable bonds is 6. The highest BCUT2D eigenvalue weighted by atomic mass is 19.4. The van der Waals surface area contributed by atoms with E-state index in [1.807, 2.05) is 0 Å². The van der Waals surface area contributed by atoms with Crippen LogP contribution in [-0.2, 0) is 25.3 Å². The SMILES string of the molecule is CCOC(=O)C1=C(C)N(CC(=O)N2CCN(c3cccc(C(F)(F)F)c3)CC2)C(=O)CC1c1ccc(F)cc1. The molecule has 0 spiro atoms. The minimum Gasteiger partial charge on any atom is -0.463 e. The Hall–Kier alpha value is -3.89. The molecule has 2 aliphatic rings. The first-order valence-corrected chi connectivity index (χ1v) is 12.6. The van der Waals surface area contributed by atoms with Gasteiger partial charge in [-0.15, -0.1) is 0 Å². The highest BCUT2D eigenvalue weighted by Gasteiger charge is 2.38. The summed E-state index contributed by atoms with van der Waals surface area (Å²) in [6.45, 7) is 4.27. The highest BCUT2D eigenvalue weighted by molar-refractivity contribution is 5.97. The zero-order valence-electron chi connectivity index (χ0n) is 21.6. The molecule has 1 atom stereocenters. The average molecular weight is 548 g/mol. The lowest BCUT2D eigenvalue weighted by molar-refractivity contribution is -0.142. The number of halogens is 4. The van der Waals surface area contributed by atoms with Crippen molar-refractivity contribution in [1.82, 2.24) is 9.80 Å². The quantitative estimate of drug-likeness (QED) is 0.398. The third-order valence-corrected chi connectivity index (χ3v) is 7.06. The summed E-state index contributed by atoms with van der Waals surface area (Å²) >= 11 is 0. The first-order valence-electron chi connectivity index (χ1n) is 12.6. The maximum Gasteiger partial charge on any atom is 0.416 e. The van der Waals surface area contributed by atoms with E-state index in [0.29, 0.717) is 30.0 Å². The molecule has 4 rings (SSSR count). The van der Waals surface area contributed by atoms with Crippen LogP contribution in [-0.4, -0.2) is 66.9 Å². The minimum absolute atomic E-state index is 0.0896. The van der Waals surface area contributed by atoms with Crippen molar-refractivity contribution in [3.8, 4) is 0 Å². The van der Waals surface area contributed by atoms with Crippen LogP contribution in [0.5, 0.6) is 0 Å². The van der Waals surface area contributed by atoms with Gasteiger partial charge in [-0.25, -0.2) is 9.18 Å². The third kappa shape index (κ3) is 6.23. The minimum atomic E-state index is -4.45. The normalized spacial score (nSPS) is 18.5. The smallest absolute Gasteiger partial charge is 0.416 e. The molecule has 2 aromatic carbocycles. The summed E-state index contributed by atoms with van der Waals surface area (Å²) in [4.78, 5) is 43.8. The van der Waals surface area contributed by atoms with E-state index in [1.54, 1.807) is 29.7 Å². The Labute approximate surface area is 223 Å². The molecule has 2 amide bonds. The van der Waals surface area contributed by atoms with Crippen LogP contribution >= 0.6 is 0 Å². The molecule has 0 N–H and O–H groups in total. The molecule has 0 bridgehead atoms. The van der Waals surface area contributed by atoms with Gasteiger partial charge in [0.05, 0.1) is 17.7 Å². The topological polar surface area (TPSA) is 70.2 Å². The molecule has 2 heterocycles. The van der Waals surface area contributed by atoms with Crippen LogP contribution in [0.3, 0.4) is 0 Å². The molecule has 1 saturated heterocycles. The maximum atomic E-state index is 13.5. The fraction of sp³-hybridized carbons (Fsp3) is 0.393. The zero-order chi connectivity index (χ0) is 28.3. The van der Waals surface area contributed by atoms with Crippen LogP contribution in [0, 0.1) is 5.82 Å². The van der Waals surface area contributed by atoms with Gasteiger partial charge in [0.1, 0.15) is 12.4 Å². The largest absolute Gasteiger partial charge is 0.463 e. The van der Waals surface area contributed by atoms with E-state index in [2.05, 4.69) is 0 Å². The number of carbonyl (C=O) groups is 3. The van der Waals surface area contributed by atoms with Crippen molar-refractivity contribution >= 4 is 23.5 Å². The van der Waals surface area contributed by atoms with Gasteiger partial charge in [0.15, 0.2) is 0 Å². The molecule has 0 radical (unpaired) electrons. The number of benzene rings is 2. The van der Waals surface area contributed by atoms with Crippen molar-refractivity contribution < 1.29 is 36.7 Å². The number of ether oxygens (including phenoxy) is 1. The van der Waals surface area contributed by atoms with Crippen LogP contribution in [0.25, 0.3) is 0 Å². The van der Waals surface area contributed by atoms with Gasteiger partial charge < -0.3 is 19.4 Å². The lowest BCUT2D eigenvalue weighted by Gasteiger charge is -2.38. The summed E-state index contributed by atoms with van der Waals surface area (Å²) in [5, 5.41) is 0. The Balaban J connectivity index is 1.48. The Morgan fingerprint density at radius 1 is 1.03 bits per heavy atom. The Bertz CT molecular complexity index is 1270. The van der Waals surface area contributed by atoms with E-state index in [-0.39, 0.29) is 50.0 Å². The molecule has 1 unspecified atom stereocenters. The van der Waals surface area contributed by atoms with Crippen molar-refractivity contribution in [3.63, 3.8) is 0 Å². The van der Waals surface area contributed by atoms with Crippen LogP contribution in [0.15, 0.2) is 59.8 Å². The van der Waals surface area contributed by atoms with Crippen LogP contribution < -0.4 is 4.90 Å². The molecule has 0 aromatic heterocycles. The van der Waals surface area contributed by atoms with E-state index in [4.69, 9.17) is 4.74 Å². The molecule has 2 aromatic rings. The molecule has 208 valence electrons. The number of esters is 1. The van der Waals surface area contributed by atoms with Crippen molar-refractivity contribution in [1.29, 1.82) is 0 Å². The number of hydrogen-bond acceptors (Lipinski definition) is 5. The van der Waals surface area contributed by atoms with Gasteiger partial charge >= 0.3 is 12.1 Å². The molecule has 39 heavy (non-hydrogen) atoms. The monoisotopic (exact) mass is 547 g/mol. The second-order valence-corrected chi connectivity index (χ2v) is 9.42. The predicted octanol–water partition coefficient (Wildman–Crippen LogP) is 4.35. The van der Waals surface area contributed by atoms with Crippen LogP contribution in [0.1, 0.15) is 37.3 Å². The van der Waals surface area contributed by atoms with Crippen LogP contribution in [0.4, 0.5) is 23.2 Å². The molecule has 0 aliphatic carbocycles. The van der Waals surface area contributed by atoms with E-state index in [1.165, 1.54) is 35.2 Å². The second-order valence-electron chi connectivity index (χ2n) is 9.42. The van der Waals surface area contributed by atoms with Crippen LogP contribution in [0.2, 0.25) is 0 Å². The summed E-state index contributed by atoms with van der Waals surface area (Å²) in [6.07, 6.45) is -4.54. The van der Waals surface area contributed by atoms with Gasteiger partial charge in [0, 0.05) is 49.9 Å². The van der Waals surface area contributed by atoms with Crippen molar-refractivity contribution in [2.75, 3.05) is 44.2 Å². The van der Waals surface area contributed by atoms with Crippen molar-refractivity contribution in [2.24, 2.45) is 0 Å². The zero-order valence-corrected chi connectivity index (χ0v) is 21.6. The van der Waals surface area contributed by atoms with Gasteiger partial charge in [0.25, 0.3) is 0 Å². The van der Waals surface area contributed by atoms with E-state index in [9.17, 15) is 31.9 Å². The standard InChI is InChI=1S/C28H29F4N3O4/c1-3-39-27(38)26-18(2)35(24(36)16-23(26)19-7-9-21(29)10-8-19)17-25(37)34-13-11-33(12-14-34)22-6-4-5-20(15-22)28(30,31)32/h4-10,15,23H,3,11-14,16-17H2,1-2H3. The van der Waals surface area contributed by atoms with E-state index >= 15 is 0 Å². The van der Waals surface area contributed by atoms with E-state index in [0.717, 1.165) is 12.1 Å². The van der Waals surface area contributed by atoms with Gasteiger partial charge in [0.2, 0.25) is 11.8 Å². The summed E-state index contributed by atoms with van der Waals surface area (Å²) in [5.74, 6) is -2.39. The van der Waals surface area contributed by atoms with Crippen molar-refractivity contribution in [3.05, 3.63) is 76.7 Å². The second kappa shape index (κ2) is 11.5. The summed E-state index contributed by atoms with van der Waals surface area (Å²) in [6, 6.07) is 10.6. The Morgan fingerprint density at radius 3 is 2.31 bits per heavy atom. The predicted molar refractivity (Wildman–Crippen MR) is 135 cm³/mol. The fourth-order valence-corrected chi connectivity index (χ4v) is 4.98. The molecule has 7 nitrogen and oxygen atoms in total. The number of amides is 2. The average Bonchev–Trinajstić information content (AvgIpc) is 2.91. The lowest BCUT2D eigenvalue weighted by atomic mass is 9.83. The van der Waals surface area contributed by atoms with Crippen molar-refractivity contribution in [2.45, 2.75) is 32.4 Å². The van der Waals surface area contributed by atoms with Gasteiger partial charge in [-0.05, 0) is 49.7 Å². The molecular formula is C28H29F4N3O4. The molecule has 0 saturated carbocycles. The van der Waals surface area contributed by atoms with Gasteiger partial charge in [-0.1, -0.05) is 18.2 Å². The first kappa shape index (κ1) is 28.1. The van der Waals surface area contributed by atoms with Gasteiger partial charge in [-0.2, -0.15) is 13.2 Å². The first-order chi connectivity index (χ1) is 18.5. The fourth-order valence-electron chi connectivity index (χ4n) is 4.98. The summed E-state index contributed by atoms with van der Waals surface area (Å²) in [5.41, 5.74) is 0.817. The Kier molecular flexibility index (Phi) is 8.27. The highest BCUT2D eigenvalue weighted by Crippen LogP contribution is 2.37.